The minimum absolute atomic E-state index is 0.00140. The number of aliphatic carboxylic acids is 1. The van der Waals surface area contributed by atoms with Crippen LogP contribution in [0, 0.1) is 12.7 Å². The second-order valence-corrected chi connectivity index (χ2v) is 5.17. The van der Waals surface area contributed by atoms with Gasteiger partial charge in [-0.1, -0.05) is 18.2 Å². The van der Waals surface area contributed by atoms with Crippen LogP contribution in [0.3, 0.4) is 0 Å². The predicted octanol–water partition coefficient (Wildman–Crippen LogP) is 4.17. The molecule has 0 fully saturated rings. The van der Waals surface area contributed by atoms with Crippen molar-refractivity contribution in [2.45, 2.75) is 13.8 Å². The van der Waals surface area contributed by atoms with Gasteiger partial charge in [0.05, 0.1) is 19.3 Å². The van der Waals surface area contributed by atoms with Gasteiger partial charge in [0.2, 0.25) is 0 Å². The number of hydrogen-bond donors (Lipinski definition) is 1. The molecule has 0 aliphatic carbocycles. The van der Waals surface area contributed by atoms with Crippen molar-refractivity contribution in [3.63, 3.8) is 0 Å². The van der Waals surface area contributed by atoms with E-state index in [1.165, 1.54) is 19.3 Å². The first-order valence-electron chi connectivity index (χ1n) is 7.48. The number of aryl methyl sites for hydroxylation is 1. The number of hydrogen-bond acceptors (Lipinski definition) is 3. The highest BCUT2D eigenvalue weighted by Gasteiger charge is 2.13. The fourth-order valence-electron chi connectivity index (χ4n) is 2.25. The largest absolute Gasteiger partial charge is 0.493 e. The molecule has 126 valence electrons. The average Bonchev–Trinajstić information content (AvgIpc) is 2.55. The minimum Gasteiger partial charge on any atom is -0.493 e. The van der Waals surface area contributed by atoms with E-state index in [0.717, 1.165) is 0 Å². The molecule has 0 aliphatic rings. The number of rotatable bonds is 6. The Labute approximate surface area is 140 Å². The summed E-state index contributed by atoms with van der Waals surface area (Å²) in [5.41, 5.74) is 1.39. The van der Waals surface area contributed by atoms with Crippen LogP contribution < -0.4 is 9.47 Å². The van der Waals surface area contributed by atoms with Crippen molar-refractivity contribution in [1.82, 2.24) is 0 Å². The molecule has 5 heteroatoms. The first-order chi connectivity index (χ1) is 11.5. The summed E-state index contributed by atoms with van der Waals surface area (Å²) in [5, 5.41) is 9.47. The lowest BCUT2D eigenvalue weighted by Crippen LogP contribution is -2.01. The van der Waals surface area contributed by atoms with Crippen LogP contribution >= 0.6 is 0 Å². The van der Waals surface area contributed by atoms with E-state index in [9.17, 15) is 14.3 Å². The third-order valence-electron chi connectivity index (χ3n) is 3.51. The molecule has 0 saturated heterocycles. The first-order valence-corrected chi connectivity index (χ1v) is 7.48. The van der Waals surface area contributed by atoms with E-state index in [0.29, 0.717) is 34.8 Å². The van der Waals surface area contributed by atoms with Gasteiger partial charge in [-0.05, 0) is 54.8 Å². The van der Waals surface area contributed by atoms with Gasteiger partial charge in [0.25, 0.3) is 0 Å². The van der Waals surface area contributed by atoms with Gasteiger partial charge in [-0.25, -0.2) is 9.18 Å². The maximum absolute atomic E-state index is 13.7. The summed E-state index contributed by atoms with van der Waals surface area (Å²) in [6.07, 6.45) is 1.48. The summed E-state index contributed by atoms with van der Waals surface area (Å²) in [7, 11) is 1.53. The molecule has 0 amide bonds. The van der Waals surface area contributed by atoms with Crippen LogP contribution in [-0.4, -0.2) is 24.8 Å². The Kier molecular flexibility index (Phi) is 5.58. The van der Waals surface area contributed by atoms with E-state index in [1.54, 1.807) is 37.3 Å². The zero-order valence-electron chi connectivity index (χ0n) is 13.8. The van der Waals surface area contributed by atoms with Crippen LogP contribution in [0.1, 0.15) is 23.6 Å². The second-order valence-electron chi connectivity index (χ2n) is 5.17. The molecule has 0 aliphatic heterocycles. The van der Waals surface area contributed by atoms with Crippen molar-refractivity contribution >= 4 is 17.6 Å². The van der Waals surface area contributed by atoms with E-state index < -0.39 is 11.8 Å². The predicted molar refractivity (Wildman–Crippen MR) is 90.8 cm³/mol. The molecule has 24 heavy (non-hydrogen) atoms. The van der Waals surface area contributed by atoms with E-state index in [1.807, 2.05) is 6.92 Å². The van der Waals surface area contributed by atoms with E-state index in [-0.39, 0.29) is 5.57 Å². The van der Waals surface area contributed by atoms with Gasteiger partial charge in [0.1, 0.15) is 5.82 Å². The van der Waals surface area contributed by atoms with Crippen molar-refractivity contribution in [2.24, 2.45) is 0 Å². The van der Waals surface area contributed by atoms with Gasteiger partial charge >= 0.3 is 5.97 Å². The summed E-state index contributed by atoms with van der Waals surface area (Å²) in [4.78, 5) is 11.6. The molecule has 0 aromatic heterocycles. The Bertz CT molecular complexity index is 781. The lowest BCUT2D eigenvalue weighted by molar-refractivity contribution is -0.130. The highest BCUT2D eigenvalue weighted by molar-refractivity contribution is 6.20. The molecule has 2 aromatic rings. The van der Waals surface area contributed by atoms with Crippen molar-refractivity contribution in [2.75, 3.05) is 13.7 Å². The molecule has 0 spiro atoms. The highest BCUT2D eigenvalue weighted by atomic mass is 19.1. The van der Waals surface area contributed by atoms with Gasteiger partial charge in [-0.2, -0.15) is 0 Å². The highest BCUT2D eigenvalue weighted by Crippen LogP contribution is 2.30. The molecule has 0 atom stereocenters. The van der Waals surface area contributed by atoms with Crippen LogP contribution in [0.25, 0.3) is 11.6 Å². The number of benzene rings is 2. The molecule has 0 bridgehead atoms. The molecule has 0 unspecified atom stereocenters. The number of methoxy groups -OCH3 is 1. The van der Waals surface area contributed by atoms with Crippen LogP contribution in [0.5, 0.6) is 11.5 Å². The van der Waals surface area contributed by atoms with Crippen molar-refractivity contribution in [1.29, 1.82) is 0 Å². The molecule has 4 nitrogen and oxygen atoms in total. The fraction of sp³-hybridized carbons (Fsp3) is 0.211. The quantitative estimate of drug-likeness (QED) is 0.638. The normalized spacial score (nSPS) is 11.2. The number of carboxylic acid groups (broad SMARTS) is 1. The molecule has 2 aromatic carbocycles. The summed E-state index contributed by atoms with van der Waals surface area (Å²) >= 11 is 0. The molecular formula is C19H19FO4. The zero-order valence-corrected chi connectivity index (χ0v) is 13.8. The van der Waals surface area contributed by atoms with Crippen molar-refractivity contribution < 1.29 is 23.8 Å². The topological polar surface area (TPSA) is 55.8 Å². The Morgan fingerprint density at radius 3 is 2.54 bits per heavy atom. The Balaban J connectivity index is 2.49. The zero-order chi connectivity index (χ0) is 17.7. The Morgan fingerprint density at radius 2 is 1.96 bits per heavy atom. The van der Waals surface area contributed by atoms with Crippen molar-refractivity contribution in [3.05, 3.63) is 58.9 Å². The fourth-order valence-corrected chi connectivity index (χ4v) is 2.25. The van der Waals surface area contributed by atoms with E-state index in [2.05, 4.69) is 0 Å². The second kappa shape index (κ2) is 7.64. The number of carbonyl (C=O) groups is 1. The number of carboxylic acids is 1. The smallest absolute Gasteiger partial charge is 0.336 e. The maximum Gasteiger partial charge on any atom is 0.336 e. The molecule has 1 N–H and O–H groups in total. The van der Waals surface area contributed by atoms with Crippen molar-refractivity contribution in [3.8, 4) is 11.5 Å². The third kappa shape index (κ3) is 3.93. The standard InChI is InChI=1S/C19H19FO4/c1-4-24-18-10-13(6-8-17(18)23-3)9-15(19(21)22)14-7-5-12(2)16(20)11-14/h5-11H,4H2,1-3H3,(H,21,22)/b15-9-. The molecule has 0 radical (unpaired) electrons. The van der Waals surface area contributed by atoms with Gasteiger partial charge in [-0.15, -0.1) is 0 Å². The van der Waals surface area contributed by atoms with Gasteiger partial charge < -0.3 is 14.6 Å². The Morgan fingerprint density at radius 1 is 1.21 bits per heavy atom. The third-order valence-corrected chi connectivity index (χ3v) is 3.51. The van der Waals surface area contributed by atoms with Crippen LogP contribution in [-0.2, 0) is 4.79 Å². The number of ether oxygens (including phenoxy) is 2. The maximum atomic E-state index is 13.7. The summed E-state index contributed by atoms with van der Waals surface area (Å²) in [5.74, 6) is -0.489. The van der Waals surface area contributed by atoms with Crippen LogP contribution in [0.15, 0.2) is 36.4 Å². The minimum atomic E-state index is -1.13. The van der Waals surface area contributed by atoms with Gasteiger partial charge in [0, 0.05) is 0 Å². The first kappa shape index (κ1) is 17.5. The van der Waals surface area contributed by atoms with Gasteiger partial charge in [-0.3, -0.25) is 0 Å². The van der Waals surface area contributed by atoms with Crippen LogP contribution in [0.2, 0.25) is 0 Å². The lowest BCUT2D eigenvalue weighted by Gasteiger charge is -2.10. The van der Waals surface area contributed by atoms with Gasteiger partial charge in [0.15, 0.2) is 11.5 Å². The van der Waals surface area contributed by atoms with E-state index in [4.69, 9.17) is 9.47 Å². The SMILES string of the molecule is CCOc1cc(/C=C(\C(=O)O)c2ccc(C)c(F)c2)ccc1OC. The lowest BCUT2D eigenvalue weighted by atomic mass is 10.0. The number of halogens is 1. The summed E-state index contributed by atoms with van der Waals surface area (Å²) in [6, 6.07) is 9.48. The molecule has 2 rings (SSSR count). The summed E-state index contributed by atoms with van der Waals surface area (Å²) in [6.45, 7) is 3.93. The monoisotopic (exact) mass is 330 g/mol. The molecule has 0 saturated carbocycles. The average molecular weight is 330 g/mol. The molecular weight excluding hydrogens is 311 g/mol. The molecule has 0 heterocycles. The van der Waals surface area contributed by atoms with Crippen LogP contribution in [0.4, 0.5) is 4.39 Å². The Hall–Kier alpha value is -2.82. The summed E-state index contributed by atoms with van der Waals surface area (Å²) < 4.78 is 24.4. The van der Waals surface area contributed by atoms with E-state index >= 15 is 0 Å².